The van der Waals surface area contributed by atoms with Crippen molar-refractivity contribution in [2.45, 2.75) is 39.0 Å². The lowest BCUT2D eigenvalue weighted by atomic mass is 9.97. The van der Waals surface area contributed by atoms with E-state index in [1.54, 1.807) is 0 Å². The number of hydrogen-bond donors (Lipinski definition) is 2. The summed E-state index contributed by atoms with van der Waals surface area (Å²) in [5.41, 5.74) is 12.2. The maximum atomic E-state index is 5.68. The molecule has 0 amide bonds. The van der Waals surface area contributed by atoms with Gasteiger partial charge in [-0.15, -0.1) is 0 Å². The largest absolute Gasteiger partial charge is 0.354 e. The first-order chi connectivity index (χ1) is 11.2. The van der Waals surface area contributed by atoms with Crippen molar-refractivity contribution < 1.29 is 0 Å². The number of aromatic amines is 1. The number of benzene rings is 1. The molecule has 0 bridgehead atoms. The van der Waals surface area contributed by atoms with Gasteiger partial charge in [-0.25, -0.2) is 0 Å². The SMILES string of the molecule is CC(C)c1cccc2c(CCCCN)c(-c3ccncc3)[nH]c12. The van der Waals surface area contributed by atoms with Gasteiger partial charge in [0.25, 0.3) is 0 Å². The minimum Gasteiger partial charge on any atom is -0.354 e. The van der Waals surface area contributed by atoms with Crippen LogP contribution >= 0.6 is 0 Å². The van der Waals surface area contributed by atoms with Gasteiger partial charge in [-0.05, 0) is 55.0 Å². The van der Waals surface area contributed by atoms with Crippen LogP contribution in [-0.2, 0) is 6.42 Å². The lowest BCUT2D eigenvalue weighted by Gasteiger charge is -2.07. The molecule has 2 heterocycles. The van der Waals surface area contributed by atoms with Gasteiger partial charge in [-0.3, -0.25) is 4.98 Å². The molecule has 2 aromatic heterocycles. The number of para-hydroxylation sites is 1. The van der Waals surface area contributed by atoms with Gasteiger partial charge in [0.05, 0.1) is 0 Å². The summed E-state index contributed by atoms with van der Waals surface area (Å²) in [6.07, 6.45) is 6.94. The Balaban J connectivity index is 2.16. The van der Waals surface area contributed by atoms with E-state index in [9.17, 15) is 0 Å². The van der Waals surface area contributed by atoms with Crippen LogP contribution in [0.4, 0.5) is 0 Å². The maximum Gasteiger partial charge on any atom is 0.0498 e. The third kappa shape index (κ3) is 3.15. The molecule has 0 aliphatic rings. The molecular weight excluding hydrogens is 282 g/mol. The number of fused-ring (bicyclic) bond motifs is 1. The number of aryl methyl sites for hydroxylation is 1. The average molecular weight is 307 g/mol. The molecule has 23 heavy (non-hydrogen) atoms. The van der Waals surface area contributed by atoms with Crippen LogP contribution in [0.1, 0.15) is 43.7 Å². The lowest BCUT2D eigenvalue weighted by Crippen LogP contribution is -1.99. The third-order valence-corrected chi connectivity index (χ3v) is 4.45. The smallest absolute Gasteiger partial charge is 0.0498 e. The Hall–Kier alpha value is -2.13. The fourth-order valence-corrected chi connectivity index (χ4v) is 3.25. The molecule has 1 aromatic carbocycles. The van der Waals surface area contributed by atoms with Crippen LogP contribution in [0.3, 0.4) is 0 Å². The predicted octanol–water partition coefficient (Wildman–Crippen LogP) is 4.63. The highest BCUT2D eigenvalue weighted by Crippen LogP contribution is 2.34. The average Bonchev–Trinajstić information content (AvgIpc) is 2.94. The highest BCUT2D eigenvalue weighted by Gasteiger charge is 2.16. The lowest BCUT2D eigenvalue weighted by molar-refractivity contribution is 0.748. The summed E-state index contributed by atoms with van der Waals surface area (Å²) in [5, 5.41) is 1.35. The Kier molecular flexibility index (Phi) is 4.77. The van der Waals surface area contributed by atoms with Crippen LogP contribution < -0.4 is 5.73 Å². The van der Waals surface area contributed by atoms with Crippen molar-refractivity contribution in [2.75, 3.05) is 6.54 Å². The van der Waals surface area contributed by atoms with Gasteiger partial charge < -0.3 is 10.7 Å². The molecule has 0 saturated heterocycles. The minimum absolute atomic E-state index is 0.500. The van der Waals surface area contributed by atoms with Crippen molar-refractivity contribution in [3.63, 3.8) is 0 Å². The molecular formula is C20H25N3. The van der Waals surface area contributed by atoms with Crippen molar-refractivity contribution in [1.82, 2.24) is 9.97 Å². The topological polar surface area (TPSA) is 54.7 Å². The van der Waals surface area contributed by atoms with Crippen molar-refractivity contribution in [1.29, 1.82) is 0 Å². The molecule has 0 unspecified atom stereocenters. The molecule has 0 aliphatic heterocycles. The number of H-pyrrole nitrogens is 1. The van der Waals surface area contributed by atoms with Gasteiger partial charge in [0, 0.05) is 34.6 Å². The van der Waals surface area contributed by atoms with Crippen LogP contribution in [0.5, 0.6) is 0 Å². The summed E-state index contributed by atoms with van der Waals surface area (Å²) in [6.45, 7) is 5.25. The molecule has 0 saturated carbocycles. The number of nitrogens with two attached hydrogens (primary N) is 1. The second-order valence-electron chi connectivity index (χ2n) is 6.38. The van der Waals surface area contributed by atoms with Crippen molar-refractivity contribution in [2.24, 2.45) is 5.73 Å². The Morgan fingerprint density at radius 3 is 2.57 bits per heavy atom. The molecule has 0 aliphatic carbocycles. The van der Waals surface area contributed by atoms with E-state index in [0.717, 1.165) is 25.8 Å². The van der Waals surface area contributed by atoms with Crippen LogP contribution in [0, 0.1) is 0 Å². The Labute approximate surface area is 137 Å². The first-order valence-electron chi connectivity index (χ1n) is 8.46. The first-order valence-corrected chi connectivity index (χ1v) is 8.46. The Morgan fingerprint density at radius 1 is 1.09 bits per heavy atom. The fraction of sp³-hybridized carbons (Fsp3) is 0.350. The first kappa shape index (κ1) is 15.8. The second-order valence-corrected chi connectivity index (χ2v) is 6.38. The highest BCUT2D eigenvalue weighted by molar-refractivity contribution is 5.93. The number of nitrogens with zero attached hydrogens (tertiary/aromatic N) is 1. The minimum atomic E-state index is 0.500. The van der Waals surface area contributed by atoms with E-state index < -0.39 is 0 Å². The molecule has 3 N–H and O–H groups in total. The quantitative estimate of drug-likeness (QED) is 0.652. The van der Waals surface area contributed by atoms with E-state index in [4.69, 9.17) is 5.73 Å². The normalized spacial score (nSPS) is 11.5. The van der Waals surface area contributed by atoms with E-state index in [1.165, 1.54) is 33.3 Å². The van der Waals surface area contributed by atoms with Crippen LogP contribution in [0.25, 0.3) is 22.2 Å². The number of rotatable bonds is 6. The summed E-state index contributed by atoms with van der Waals surface area (Å²) >= 11 is 0. The molecule has 3 aromatic rings. The van der Waals surface area contributed by atoms with Crippen LogP contribution in [-0.4, -0.2) is 16.5 Å². The zero-order chi connectivity index (χ0) is 16.2. The van der Waals surface area contributed by atoms with E-state index >= 15 is 0 Å². The van der Waals surface area contributed by atoms with E-state index in [1.807, 2.05) is 12.4 Å². The van der Waals surface area contributed by atoms with Gasteiger partial charge in [-0.1, -0.05) is 32.0 Å². The van der Waals surface area contributed by atoms with Crippen molar-refractivity contribution in [3.8, 4) is 11.3 Å². The molecule has 0 spiro atoms. The van der Waals surface area contributed by atoms with Crippen LogP contribution in [0.15, 0.2) is 42.7 Å². The predicted molar refractivity (Wildman–Crippen MR) is 97.6 cm³/mol. The number of unbranched alkanes of at least 4 members (excludes halogenated alkanes) is 1. The number of aromatic nitrogens is 2. The fourth-order valence-electron chi connectivity index (χ4n) is 3.25. The van der Waals surface area contributed by atoms with E-state index in [-0.39, 0.29) is 0 Å². The number of hydrogen-bond acceptors (Lipinski definition) is 2. The second kappa shape index (κ2) is 6.97. The van der Waals surface area contributed by atoms with Crippen molar-refractivity contribution >= 4 is 10.9 Å². The van der Waals surface area contributed by atoms with Gasteiger partial charge in [0.1, 0.15) is 0 Å². The molecule has 0 fully saturated rings. The van der Waals surface area contributed by atoms with Gasteiger partial charge in [-0.2, -0.15) is 0 Å². The molecule has 0 atom stereocenters. The molecule has 3 rings (SSSR count). The molecule has 3 nitrogen and oxygen atoms in total. The summed E-state index contributed by atoms with van der Waals surface area (Å²) < 4.78 is 0. The molecule has 120 valence electrons. The molecule has 0 radical (unpaired) electrons. The Bertz CT molecular complexity index is 772. The Morgan fingerprint density at radius 2 is 1.87 bits per heavy atom. The highest BCUT2D eigenvalue weighted by atomic mass is 14.7. The van der Waals surface area contributed by atoms with Crippen molar-refractivity contribution in [3.05, 3.63) is 53.9 Å². The van der Waals surface area contributed by atoms with Gasteiger partial charge in [0.15, 0.2) is 0 Å². The summed E-state index contributed by atoms with van der Waals surface area (Å²) in [6, 6.07) is 10.8. The zero-order valence-corrected chi connectivity index (χ0v) is 14.0. The van der Waals surface area contributed by atoms with E-state index in [0.29, 0.717) is 5.92 Å². The zero-order valence-electron chi connectivity index (χ0n) is 14.0. The monoisotopic (exact) mass is 307 g/mol. The number of pyridine rings is 1. The number of nitrogens with one attached hydrogen (secondary N) is 1. The van der Waals surface area contributed by atoms with E-state index in [2.05, 4.69) is 54.1 Å². The maximum absolute atomic E-state index is 5.68. The third-order valence-electron chi connectivity index (χ3n) is 4.45. The molecule has 3 heteroatoms. The van der Waals surface area contributed by atoms with Crippen LogP contribution in [0.2, 0.25) is 0 Å². The van der Waals surface area contributed by atoms with Gasteiger partial charge in [0.2, 0.25) is 0 Å². The summed E-state index contributed by atoms with van der Waals surface area (Å²) in [4.78, 5) is 7.84. The van der Waals surface area contributed by atoms with Gasteiger partial charge >= 0.3 is 0 Å². The standard InChI is InChI=1S/C20H25N3/c1-14(2)16-7-5-8-18-17(6-3-4-11-21)19(23-20(16)18)15-9-12-22-13-10-15/h5,7-10,12-14,23H,3-4,6,11,21H2,1-2H3. The summed E-state index contributed by atoms with van der Waals surface area (Å²) in [5.74, 6) is 0.500. The summed E-state index contributed by atoms with van der Waals surface area (Å²) in [7, 11) is 0.